The Morgan fingerprint density at radius 3 is 1.86 bits per heavy atom. The Labute approximate surface area is 260 Å². The zero-order valence-corrected chi connectivity index (χ0v) is 25.9. The van der Waals surface area contributed by atoms with Crippen LogP contribution < -0.4 is 27.4 Å². The molecule has 4 amide bonds. The minimum atomic E-state index is -0.975. The summed E-state index contributed by atoms with van der Waals surface area (Å²) in [4.78, 5) is 55.5. The molecule has 0 radical (unpaired) electrons. The molecule has 7 N–H and O–H groups in total. The largest absolute Gasteiger partial charge is 0.378 e. The zero-order valence-electron chi connectivity index (χ0n) is 25.9. The molecule has 0 aliphatic carbocycles. The standard InChI is InChI=1S/C33H48N6O5/c1-23(2)20-28(31(41)36-27(14-9-15-34)33(43)39-16-18-44-19-17-39)38-32(42)29(22-25-12-7-4-8-13-25)37-30(40)26(35)21-24-10-5-3-6-11-24/h3-8,10-13,23,26-29H,9,14-22,34-35H2,1-2H3,(H,36,41)(H,37,40)(H,38,42)/t26-,27-,28-,29-/m1/s1. The molecule has 11 nitrogen and oxygen atoms in total. The van der Waals surface area contributed by atoms with Gasteiger partial charge in [-0.15, -0.1) is 0 Å². The van der Waals surface area contributed by atoms with Crippen molar-refractivity contribution in [3.05, 3.63) is 71.8 Å². The van der Waals surface area contributed by atoms with Crippen LogP contribution in [0.25, 0.3) is 0 Å². The number of morpholine rings is 1. The maximum atomic E-state index is 13.7. The molecule has 1 heterocycles. The topological polar surface area (TPSA) is 169 Å². The third-order valence-corrected chi connectivity index (χ3v) is 7.53. The third-order valence-electron chi connectivity index (χ3n) is 7.53. The van der Waals surface area contributed by atoms with Gasteiger partial charge in [0.05, 0.1) is 19.3 Å². The van der Waals surface area contributed by atoms with Crippen molar-refractivity contribution in [3.8, 4) is 0 Å². The van der Waals surface area contributed by atoms with Gasteiger partial charge in [0.15, 0.2) is 0 Å². The molecule has 0 bridgehead atoms. The average Bonchev–Trinajstić information content (AvgIpc) is 3.03. The van der Waals surface area contributed by atoms with E-state index in [1.54, 1.807) is 4.90 Å². The second-order valence-corrected chi connectivity index (χ2v) is 11.7. The molecule has 0 aromatic heterocycles. The number of benzene rings is 2. The Balaban J connectivity index is 1.75. The van der Waals surface area contributed by atoms with E-state index in [4.69, 9.17) is 16.2 Å². The number of hydrogen-bond donors (Lipinski definition) is 5. The number of nitrogens with one attached hydrogen (secondary N) is 3. The SMILES string of the molecule is CC(C)C[C@@H](NC(=O)[C@@H](Cc1ccccc1)NC(=O)[C@H](N)Cc1ccccc1)C(=O)N[C@H](CCCN)C(=O)N1CCOCC1. The number of carbonyl (C=O) groups is 4. The Hall–Kier alpha value is -3.80. The molecule has 4 atom stereocenters. The van der Waals surface area contributed by atoms with E-state index in [-0.39, 0.29) is 18.2 Å². The molecular formula is C33H48N6O5. The van der Waals surface area contributed by atoms with Gasteiger partial charge in [-0.25, -0.2) is 0 Å². The zero-order chi connectivity index (χ0) is 31.9. The Kier molecular flexibility index (Phi) is 14.3. The molecule has 1 fully saturated rings. The number of rotatable bonds is 16. The normalized spacial score (nSPS) is 16.0. The van der Waals surface area contributed by atoms with Crippen LogP contribution in [0, 0.1) is 5.92 Å². The fourth-order valence-corrected chi connectivity index (χ4v) is 5.13. The van der Waals surface area contributed by atoms with Gasteiger partial charge >= 0.3 is 0 Å². The lowest BCUT2D eigenvalue weighted by molar-refractivity contribution is -0.141. The van der Waals surface area contributed by atoms with Crippen LogP contribution in [0.1, 0.15) is 44.2 Å². The first-order valence-corrected chi connectivity index (χ1v) is 15.5. The first-order valence-electron chi connectivity index (χ1n) is 15.5. The highest BCUT2D eigenvalue weighted by molar-refractivity contribution is 5.95. The molecule has 3 rings (SSSR count). The molecule has 44 heavy (non-hydrogen) atoms. The van der Waals surface area contributed by atoms with Crippen LogP contribution in [0.4, 0.5) is 0 Å². The molecule has 0 saturated carbocycles. The van der Waals surface area contributed by atoms with Gasteiger partial charge in [-0.2, -0.15) is 0 Å². The van der Waals surface area contributed by atoms with E-state index in [9.17, 15) is 19.2 Å². The number of carbonyl (C=O) groups excluding carboxylic acids is 4. The quantitative estimate of drug-likeness (QED) is 0.189. The Morgan fingerprint density at radius 2 is 1.30 bits per heavy atom. The van der Waals surface area contributed by atoms with Crippen molar-refractivity contribution in [1.82, 2.24) is 20.9 Å². The maximum absolute atomic E-state index is 13.7. The summed E-state index contributed by atoms with van der Waals surface area (Å²) in [5, 5.41) is 8.57. The summed E-state index contributed by atoms with van der Waals surface area (Å²) in [6.07, 6.45) is 1.79. The lowest BCUT2D eigenvalue weighted by Crippen LogP contribution is -2.59. The van der Waals surface area contributed by atoms with Crippen molar-refractivity contribution in [1.29, 1.82) is 0 Å². The molecule has 11 heteroatoms. The van der Waals surface area contributed by atoms with E-state index in [0.29, 0.717) is 58.5 Å². The van der Waals surface area contributed by atoms with Crippen molar-refractivity contribution < 1.29 is 23.9 Å². The van der Waals surface area contributed by atoms with Crippen molar-refractivity contribution in [3.63, 3.8) is 0 Å². The predicted octanol–water partition coefficient (Wildman–Crippen LogP) is 0.897. The Bertz CT molecular complexity index is 1190. The van der Waals surface area contributed by atoms with Crippen molar-refractivity contribution in [2.75, 3.05) is 32.8 Å². The minimum absolute atomic E-state index is 0.0601. The number of nitrogens with zero attached hydrogens (tertiary/aromatic N) is 1. The third kappa shape index (κ3) is 11.4. The van der Waals surface area contributed by atoms with Gasteiger partial charge in [-0.1, -0.05) is 74.5 Å². The van der Waals surface area contributed by atoms with Crippen molar-refractivity contribution in [2.45, 2.75) is 70.1 Å². The van der Waals surface area contributed by atoms with Crippen LogP contribution in [-0.4, -0.2) is 85.5 Å². The number of ether oxygens (including phenoxy) is 1. The molecule has 1 aliphatic heterocycles. The lowest BCUT2D eigenvalue weighted by atomic mass is 9.99. The summed E-state index contributed by atoms with van der Waals surface area (Å²) in [5.41, 5.74) is 13.7. The van der Waals surface area contributed by atoms with Crippen LogP contribution in [0.3, 0.4) is 0 Å². The van der Waals surface area contributed by atoms with E-state index < -0.39 is 41.9 Å². The summed E-state index contributed by atoms with van der Waals surface area (Å²) in [6, 6.07) is 15.2. The van der Waals surface area contributed by atoms with Crippen LogP contribution in [-0.2, 0) is 36.8 Å². The van der Waals surface area contributed by atoms with E-state index in [1.807, 2.05) is 74.5 Å². The van der Waals surface area contributed by atoms with Gasteiger partial charge in [-0.05, 0) is 49.3 Å². The Morgan fingerprint density at radius 1 is 0.773 bits per heavy atom. The van der Waals surface area contributed by atoms with Crippen LogP contribution in [0.2, 0.25) is 0 Å². The molecule has 0 unspecified atom stereocenters. The van der Waals surface area contributed by atoms with E-state index in [2.05, 4.69) is 16.0 Å². The highest BCUT2D eigenvalue weighted by Gasteiger charge is 2.32. The lowest BCUT2D eigenvalue weighted by Gasteiger charge is -2.32. The van der Waals surface area contributed by atoms with Crippen molar-refractivity contribution >= 4 is 23.6 Å². The smallest absolute Gasteiger partial charge is 0.245 e. The highest BCUT2D eigenvalue weighted by Crippen LogP contribution is 2.11. The molecule has 2 aromatic rings. The van der Waals surface area contributed by atoms with Crippen LogP contribution in [0.5, 0.6) is 0 Å². The summed E-state index contributed by atoms with van der Waals surface area (Å²) in [5.74, 6) is -1.56. The number of nitrogens with two attached hydrogens (primary N) is 2. The summed E-state index contributed by atoms with van der Waals surface area (Å²) in [6.45, 7) is 6.06. The molecule has 1 saturated heterocycles. The molecule has 2 aromatic carbocycles. The van der Waals surface area contributed by atoms with E-state index in [0.717, 1.165) is 11.1 Å². The summed E-state index contributed by atoms with van der Waals surface area (Å²) < 4.78 is 5.37. The first-order chi connectivity index (χ1) is 21.2. The average molecular weight is 609 g/mol. The van der Waals surface area contributed by atoms with Gasteiger partial charge in [0, 0.05) is 19.5 Å². The van der Waals surface area contributed by atoms with Crippen molar-refractivity contribution in [2.24, 2.45) is 17.4 Å². The molecule has 0 spiro atoms. The summed E-state index contributed by atoms with van der Waals surface area (Å²) >= 11 is 0. The van der Waals surface area contributed by atoms with E-state index >= 15 is 0 Å². The second-order valence-electron chi connectivity index (χ2n) is 11.7. The predicted molar refractivity (Wildman–Crippen MR) is 169 cm³/mol. The minimum Gasteiger partial charge on any atom is -0.378 e. The second kappa shape index (κ2) is 18.1. The van der Waals surface area contributed by atoms with Gasteiger partial charge in [0.2, 0.25) is 23.6 Å². The van der Waals surface area contributed by atoms with Crippen LogP contribution >= 0.6 is 0 Å². The number of hydrogen-bond acceptors (Lipinski definition) is 7. The molecule has 240 valence electrons. The van der Waals surface area contributed by atoms with E-state index in [1.165, 1.54) is 0 Å². The fourth-order valence-electron chi connectivity index (χ4n) is 5.13. The van der Waals surface area contributed by atoms with Gasteiger partial charge < -0.3 is 37.1 Å². The van der Waals surface area contributed by atoms with Gasteiger partial charge in [-0.3, -0.25) is 19.2 Å². The maximum Gasteiger partial charge on any atom is 0.245 e. The summed E-state index contributed by atoms with van der Waals surface area (Å²) in [7, 11) is 0. The number of amides is 4. The van der Waals surface area contributed by atoms with Gasteiger partial charge in [0.1, 0.15) is 18.1 Å². The van der Waals surface area contributed by atoms with Gasteiger partial charge in [0.25, 0.3) is 0 Å². The fraction of sp³-hybridized carbons (Fsp3) is 0.515. The molecule has 1 aliphatic rings. The molecular weight excluding hydrogens is 560 g/mol. The highest BCUT2D eigenvalue weighted by atomic mass is 16.5. The first kappa shape index (κ1) is 34.7. The van der Waals surface area contributed by atoms with Crippen LogP contribution in [0.15, 0.2) is 60.7 Å². The monoisotopic (exact) mass is 608 g/mol.